The summed E-state index contributed by atoms with van der Waals surface area (Å²) in [6.45, 7) is 1.92. The zero-order chi connectivity index (χ0) is 19.3. The molecule has 5 nitrogen and oxygen atoms in total. The van der Waals surface area contributed by atoms with Gasteiger partial charge in [0.05, 0.1) is 17.2 Å². The first-order valence-electron chi connectivity index (χ1n) is 9.99. The van der Waals surface area contributed by atoms with E-state index in [0.29, 0.717) is 29.8 Å². The van der Waals surface area contributed by atoms with Crippen LogP contribution in [0.4, 0.5) is 0 Å². The summed E-state index contributed by atoms with van der Waals surface area (Å²) in [5.74, 6) is 0.501. The molecule has 1 amide bonds. The number of benzene rings is 2. The van der Waals surface area contributed by atoms with Crippen molar-refractivity contribution in [2.24, 2.45) is 0 Å². The summed E-state index contributed by atoms with van der Waals surface area (Å²) in [5, 5.41) is 0.594. The molecule has 5 heteroatoms. The molecule has 1 aliphatic rings. The number of aryl methyl sites for hydroxylation is 1. The number of aromatic nitrogens is 2. The highest BCUT2D eigenvalue weighted by atomic mass is 16.2. The molecule has 1 atom stereocenters. The van der Waals surface area contributed by atoms with Gasteiger partial charge in [-0.1, -0.05) is 48.9 Å². The van der Waals surface area contributed by atoms with Gasteiger partial charge in [0.1, 0.15) is 0 Å². The Morgan fingerprint density at radius 2 is 1.82 bits per heavy atom. The second-order valence-corrected chi connectivity index (χ2v) is 7.45. The van der Waals surface area contributed by atoms with Crippen molar-refractivity contribution in [2.45, 2.75) is 38.1 Å². The molecule has 0 radical (unpaired) electrons. The molecular formula is C23H25N3O2. The Balaban J connectivity index is 1.44. The molecular weight excluding hydrogens is 350 g/mol. The van der Waals surface area contributed by atoms with E-state index in [1.807, 2.05) is 29.2 Å². The van der Waals surface area contributed by atoms with E-state index in [-0.39, 0.29) is 11.5 Å². The van der Waals surface area contributed by atoms with Crippen molar-refractivity contribution in [3.05, 3.63) is 76.8 Å². The van der Waals surface area contributed by atoms with E-state index < -0.39 is 0 Å². The predicted octanol–water partition coefficient (Wildman–Crippen LogP) is 3.58. The van der Waals surface area contributed by atoms with Gasteiger partial charge in [-0.15, -0.1) is 0 Å². The maximum absolute atomic E-state index is 12.9. The first kappa shape index (κ1) is 18.4. The number of nitrogens with zero attached hydrogens (tertiary/aromatic N) is 3. The summed E-state index contributed by atoms with van der Waals surface area (Å²) in [6, 6.07) is 17.8. The molecule has 4 rings (SSSR count). The Kier molecular flexibility index (Phi) is 5.51. The third-order valence-electron chi connectivity index (χ3n) is 5.59. The van der Waals surface area contributed by atoms with E-state index in [2.05, 4.69) is 29.2 Å². The Morgan fingerprint density at radius 3 is 2.68 bits per heavy atom. The number of carbonyl (C=O) groups excluding carboxylic acids is 1. The number of hydrogen-bond donors (Lipinski definition) is 0. The smallest absolute Gasteiger partial charge is 0.261 e. The molecule has 3 aromatic rings. The Bertz CT molecular complexity index is 1010. The molecule has 28 heavy (non-hydrogen) atoms. The molecule has 2 heterocycles. The van der Waals surface area contributed by atoms with Gasteiger partial charge in [-0.3, -0.25) is 14.2 Å². The van der Waals surface area contributed by atoms with Crippen LogP contribution in [0.15, 0.2) is 65.7 Å². The van der Waals surface area contributed by atoms with Gasteiger partial charge in [0.2, 0.25) is 5.91 Å². The Hall–Kier alpha value is -2.95. The van der Waals surface area contributed by atoms with E-state index in [4.69, 9.17) is 0 Å². The zero-order valence-electron chi connectivity index (χ0n) is 16.0. The number of para-hydroxylation sites is 1. The van der Waals surface area contributed by atoms with Gasteiger partial charge in [0.15, 0.2) is 0 Å². The fourth-order valence-electron chi connectivity index (χ4n) is 4.01. The summed E-state index contributed by atoms with van der Waals surface area (Å²) in [7, 11) is 0. The third-order valence-corrected chi connectivity index (χ3v) is 5.59. The number of amides is 1. The second kappa shape index (κ2) is 8.38. The molecule has 2 aromatic carbocycles. The average molecular weight is 375 g/mol. The highest BCUT2D eigenvalue weighted by Gasteiger charge is 2.23. The van der Waals surface area contributed by atoms with Crippen LogP contribution in [0, 0.1) is 0 Å². The van der Waals surface area contributed by atoms with Gasteiger partial charge in [0.25, 0.3) is 5.56 Å². The highest BCUT2D eigenvalue weighted by Crippen LogP contribution is 2.26. The fraction of sp³-hybridized carbons (Fsp3) is 0.348. The lowest BCUT2D eigenvalue weighted by Gasteiger charge is -2.25. The minimum atomic E-state index is -0.0866. The molecule has 0 spiro atoms. The molecule has 0 N–H and O–H groups in total. The third kappa shape index (κ3) is 3.98. The summed E-state index contributed by atoms with van der Waals surface area (Å²) in [6.07, 6.45) is 5.15. The van der Waals surface area contributed by atoms with Gasteiger partial charge in [0, 0.05) is 32.0 Å². The van der Waals surface area contributed by atoms with Crippen LogP contribution in [0.25, 0.3) is 10.9 Å². The summed E-state index contributed by atoms with van der Waals surface area (Å²) < 4.78 is 1.55. The molecule has 0 bridgehead atoms. The lowest BCUT2D eigenvalue weighted by atomic mass is 9.94. The minimum Gasteiger partial charge on any atom is -0.342 e. The normalized spacial score (nSPS) is 17.4. The molecule has 1 fully saturated rings. The van der Waals surface area contributed by atoms with Crippen LogP contribution in [0.3, 0.4) is 0 Å². The first-order valence-corrected chi connectivity index (χ1v) is 9.99. The zero-order valence-corrected chi connectivity index (χ0v) is 16.0. The van der Waals surface area contributed by atoms with Crippen molar-refractivity contribution in [1.29, 1.82) is 0 Å². The molecule has 1 aliphatic heterocycles. The average Bonchev–Trinajstić information content (AvgIpc) is 3.00. The largest absolute Gasteiger partial charge is 0.342 e. The lowest BCUT2D eigenvalue weighted by Crippen LogP contribution is -2.35. The lowest BCUT2D eigenvalue weighted by molar-refractivity contribution is -0.131. The Morgan fingerprint density at radius 1 is 1.04 bits per heavy atom. The Labute approximate surface area is 164 Å². The van der Waals surface area contributed by atoms with Gasteiger partial charge >= 0.3 is 0 Å². The van der Waals surface area contributed by atoms with Crippen LogP contribution in [0.1, 0.15) is 37.2 Å². The maximum atomic E-state index is 12.9. The number of hydrogen-bond acceptors (Lipinski definition) is 3. The van der Waals surface area contributed by atoms with E-state index in [9.17, 15) is 9.59 Å². The standard InChI is InChI=1S/C23H25N3O2/c27-22(13-15-26-17-24-21-12-5-4-11-20(21)23(26)28)25-14-7-6-10-19(16-25)18-8-2-1-3-9-18/h1-5,8-9,11-12,17,19H,6-7,10,13-16H2. The monoisotopic (exact) mass is 375 g/mol. The number of carbonyl (C=O) groups is 1. The molecule has 1 unspecified atom stereocenters. The summed E-state index contributed by atoms with van der Waals surface area (Å²) >= 11 is 0. The first-order chi connectivity index (χ1) is 13.7. The molecule has 144 valence electrons. The molecule has 1 aromatic heterocycles. The quantitative estimate of drug-likeness (QED) is 0.700. The van der Waals surface area contributed by atoms with Crippen LogP contribution in [0.2, 0.25) is 0 Å². The van der Waals surface area contributed by atoms with Crippen LogP contribution in [-0.4, -0.2) is 33.4 Å². The number of rotatable bonds is 4. The van der Waals surface area contributed by atoms with Crippen molar-refractivity contribution < 1.29 is 4.79 Å². The maximum Gasteiger partial charge on any atom is 0.261 e. The molecule has 0 saturated carbocycles. The van der Waals surface area contributed by atoms with E-state index in [1.54, 1.807) is 17.0 Å². The van der Waals surface area contributed by atoms with Gasteiger partial charge < -0.3 is 4.90 Å². The van der Waals surface area contributed by atoms with Crippen molar-refractivity contribution in [2.75, 3.05) is 13.1 Å². The summed E-state index contributed by atoms with van der Waals surface area (Å²) in [4.78, 5) is 31.8. The SMILES string of the molecule is O=C(CCn1cnc2ccccc2c1=O)N1CCCCC(c2ccccc2)C1. The molecule has 0 aliphatic carbocycles. The van der Waals surface area contributed by atoms with Crippen LogP contribution < -0.4 is 5.56 Å². The van der Waals surface area contributed by atoms with Crippen molar-refractivity contribution in [3.63, 3.8) is 0 Å². The number of fused-ring (bicyclic) bond motifs is 1. The van der Waals surface area contributed by atoms with E-state index in [0.717, 1.165) is 32.4 Å². The minimum absolute atomic E-state index is 0.0866. The highest BCUT2D eigenvalue weighted by molar-refractivity contribution is 5.77. The second-order valence-electron chi connectivity index (χ2n) is 7.45. The summed E-state index contributed by atoms with van der Waals surface area (Å²) in [5.41, 5.74) is 1.90. The van der Waals surface area contributed by atoms with Crippen LogP contribution in [-0.2, 0) is 11.3 Å². The van der Waals surface area contributed by atoms with Crippen LogP contribution in [0.5, 0.6) is 0 Å². The molecule has 1 saturated heterocycles. The van der Waals surface area contributed by atoms with Gasteiger partial charge in [-0.2, -0.15) is 0 Å². The van der Waals surface area contributed by atoms with E-state index >= 15 is 0 Å². The van der Waals surface area contributed by atoms with Gasteiger partial charge in [-0.25, -0.2) is 4.98 Å². The van der Waals surface area contributed by atoms with Gasteiger partial charge in [-0.05, 0) is 30.5 Å². The topological polar surface area (TPSA) is 55.2 Å². The number of likely N-dealkylation sites (tertiary alicyclic amines) is 1. The van der Waals surface area contributed by atoms with Crippen molar-refractivity contribution in [3.8, 4) is 0 Å². The fourth-order valence-corrected chi connectivity index (χ4v) is 4.01. The van der Waals surface area contributed by atoms with Crippen molar-refractivity contribution >= 4 is 16.8 Å². The predicted molar refractivity (Wildman–Crippen MR) is 110 cm³/mol. The van der Waals surface area contributed by atoms with Crippen LogP contribution >= 0.6 is 0 Å². The van der Waals surface area contributed by atoms with E-state index in [1.165, 1.54) is 5.56 Å². The van der Waals surface area contributed by atoms with Crippen molar-refractivity contribution in [1.82, 2.24) is 14.5 Å².